The van der Waals surface area contributed by atoms with Gasteiger partial charge < -0.3 is 0 Å². The molecule has 0 saturated carbocycles. The van der Waals surface area contributed by atoms with Gasteiger partial charge in [0.15, 0.2) is 0 Å². The fourth-order valence-corrected chi connectivity index (χ4v) is 1.01. The zero-order valence-electron chi connectivity index (χ0n) is 6.15. The van der Waals surface area contributed by atoms with Gasteiger partial charge in [0.1, 0.15) is 0 Å². The van der Waals surface area contributed by atoms with Crippen LogP contribution in [-0.2, 0) is 0 Å². The maximum absolute atomic E-state index is 3.88. The van der Waals surface area contributed by atoms with Crippen LogP contribution in [0.1, 0.15) is 5.56 Å². The van der Waals surface area contributed by atoms with Crippen LogP contribution >= 0.6 is 0 Å². The van der Waals surface area contributed by atoms with Crippen LogP contribution in [-0.4, -0.2) is 15.4 Å². The minimum atomic E-state index is 0.903. The van der Waals surface area contributed by atoms with Crippen molar-refractivity contribution in [1.29, 1.82) is 0 Å². The van der Waals surface area contributed by atoms with Crippen molar-refractivity contribution >= 4 is 10.9 Å². The van der Waals surface area contributed by atoms with Gasteiger partial charge in [-0.25, -0.2) is 0 Å². The zero-order valence-corrected chi connectivity index (χ0v) is 6.15. The largest absolute Gasteiger partial charge is 0.138 e. The van der Waals surface area contributed by atoms with Crippen molar-refractivity contribution in [3.63, 3.8) is 0 Å². The third kappa shape index (κ3) is 1.05. The summed E-state index contributed by atoms with van der Waals surface area (Å²) in [7, 11) is 0. The maximum atomic E-state index is 3.88. The summed E-state index contributed by atoms with van der Waals surface area (Å²) in [6, 6.07) is 6.02. The molecule has 0 unspecified atom stereocenters. The van der Waals surface area contributed by atoms with Gasteiger partial charge in [-0.05, 0) is 23.8 Å². The highest BCUT2D eigenvalue weighted by Gasteiger charge is 1.92. The summed E-state index contributed by atoms with van der Waals surface area (Å²) in [5, 5.41) is 12.1. The number of aryl methyl sites for hydroxylation is 1. The molecule has 0 amide bonds. The van der Waals surface area contributed by atoms with Crippen LogP contribution in [0, 0.1) is 6.92 Å². The van der Waals surface area contributed by atoms with E-state index >= 15 is 0 Å². The van der Waals surface area contributed by atoms with Gasteiger partial charge in [0.05, 0.1) is 11.7 Å². The predicted octanol–water partition coefficient (Wildman–Crippen LogP) is 1.33. The van der Waals surface area contributed by atoms with Crippen LogP contribution in [0.15, 0.2) is 24.4 Å². The number of aromatic nitrogens is 3. The van der Waals surface area contributed by atoms with E-state index in [1.54, 1.807) is 6.20 Å². The van der Waals surface area contributed by atoms with E-state index in [0.717, 1.165) is 10.9 Å². The van der Waals surface area contributed by atoms with Gasteiger partial charge in [0.25, 0.3) is 0 Å². The minimum Gasteiger partial charge on any atom is -0.138 e. The standard InChI is InChI=1S/C8H7N3/c1-6-2-3-7-5-9-11-10-8(7)4-6/h2-5H,1H3. The Kier molecular flexibility index (Phi) is 1.28. The monoisotopic (exact) mass is 145 g/mol. The molecule has 3 nitrogen and oxygen atoms in total. The van der Waals surface area contributed by atoms with Crippen LogP contribution in [0.2, 0.25) is 0 Å². The second-order valence-electron chi connectivity index (χ2n) is 2.50. The van der Waals surface area contributed by atoms with Crippen molar-refractivity contribution in [2.75, 3.05) is 0 Å². The second-order valence-corrected chi connectivity index (χ2v) is 2.50. The van der Waals surface area contributed by atoms with Crippen LogP contribution in [0.4, 0.5) is 0 Å². The lowest BCUT2D eigenvalue weighted by molar-refractivity contribution is 0.895. The number of fused-ring (bicyclic) bond motifs is 1. The smallest absolute Gasteiger partial charge is 0.0966 e. The summed E-state index contributed by atoms with van der Waals surface area (Å²) >= 11 is 0. The van der Waals surface area contributed by atoms with Gasteiger partial charge >= 0.3 is 0 Å². The summed E-state index contributed by atoms with van der Waals surface area (Å²) in [4.78, 5) is 0. The average Bonchev–Trinajstić information content (AvgIpc) is 2.04. The average molecular weight is 145 g/mol. The highest BCUT2D eigenvalue weighted by atomic mass is 15.3. The normalized spacial score (nSPS) is 10.3. The molecule has 0 bridgehead atoms. The number of rotatable bonds is 0. The Labute approximate surface area is 64.1 Å². The summed E-state index contributed by atoms with van der Waals surface area (Å²) in [6.07, 6.45) is 1.71. The molecule has 0 spiro atoms. The zero-order chi connectivity index (χ0) is 7.68. The molecular formula is C8H7N3. The van der Waals surface area contributed by atoms with Gasteiger partial charge in [0, 0.05) is 5.39 Å². The van der Waals surface area contributed by atoms with E-state index in [1.165, 1.54) is 5.56 Å². The first-order valence-corrected chi connectivity index (χ1v) is 3.41. The molecule has 0 atom stereocenters. The molecule has 0 radical (unpaired) electrons. The third-order valence-corrected chi connectivity index (χ3v) is 1.59. The topological polar surface area (TPSA) is 38.7 Å². The number of hydrogen-bond acceptors (Lipinski definition) is 3. The fourth-order valence-electron chi connectivity index (χ4n) is 1.01. The molecule has 1 aromatic carbocycles. The van der Waals surface area contributed by atoms with Crippen LogP contribution in [0.5, 0.6) is 0 Å². The van der Waals surface area contributed by atoms with E-state index in [4.69, 9.17) is 0 Å². The van der Waals surface area contributed by atoms with E-state index in [1.807, 2.05) is 25.1 Å². The quantitative estimate of drug-likeness (QED) is 0.561. The lowest BCUT2D eigenvalue weighted by Crippen LogP contribution is -1.86. The molecule has 0 aliphatic heterocycles. The van der Waals surface area contributed by atoms with Crippen molar-refractivity contribution in [2.45, 2.75) is 6.92 Å². The molecule has 1 aromatic heterocycles. The number of nitrogens with zero attached hydrogens (tertiary/aromatic N) is 3. The molecule has 0 fully saturated rings. The highest BCUT2D eigenvalue weighted by Crippen LogP contribution is 2.09. The highest BCUT2D eigenvalue weighted by molar-refractivity contribution is 5.77. The summed E-state index contributed by atoms with van der Waals surface area (Å²) in [5.41, 5.74) is 2.10. The summed E-state index contributed by atoms with van der Waals surface area (Å²) in [5.74, 6) is 0. The Hall–Kier alpha value is -1.51. The van der Waals surface area contributed by atoms with Crippen LogP contribution in [0.3, 0.4) is 0 Å². The first-order chi connectivity index (χ1) is 5.36. The van der Waals surface area contributed by atoms with Gasteiger partial charge in [-0.1, -0.05) is 12.1 Å². The lowest BCUT2D eigenvalue weighted by atomic mass is 10.2. The molecule has 54 valence electrons. The molecule has 2 aromatic rings. The molecule has 0 aliphatic carbocycles. The third-order valence-electron chi connectivity index (χ3n) is 1.59. The minimum absolute atomic E-state index is 0.903. The maximum Gasteiger partial charge on any atom is 0.0966 e. The van der Waals surface area contributed by atoms with E-state index in [0.29, 0.717) is 0 Å². The Balaban J connectivity index is 2.83. The molecular weight excluding hydrogens is 138 g/mol. The Bertz CT molecular complexity index is 384. The number of hydrogen-bond donors (Lipinski definition) is 0. The van der Waals surface area contributed by atoms with Gasteiger partial charge in [-0.15, -0.1) is 10.2 Å². The molecule has 0 saturated heterocycles. The van der Waals surface area contributed by atoms with Gasteiger partial charge in [-0.2, -0.15) is 0 Å². The molecule has 11 heavy (non-hydrogen) atoms. The fraction of sp³-hybridized carbons (Fsp3) is 0.125. The lowest BCUT2D eigenvalue weighted by Gasteiger charge is -1.94. The van der Waals surface area contributed by atoms with Crippen molar-refractivity contribution in [3.05, 3.63) is 30.0 Å². The second kappa shape index (κ2) is 2.27. The van der Waals surface area contributed by atoms with E-state index in [-0.39, 0.29) is 0 Å². The molecule has 1 heterocycles. The van der Waals surface area contributed by atoms with E-state index in [2.05, 4.69) is 15.4 Å². The Morgan fingerprint density at radius 2 is 2.18 bits per heavy atom. The van der Waals surface area contributed by atoms with Crippen molar-refractivity contribution in [2.24, 2.45) is 0 Å². The molecule has 3 heteroatoms. The summed E-state index contributed by atoms with van der Waals surface area (Å²) < 4.78 is 0. The van der Waals surface area contributed by atoms with Crippen LogP contribution < -0.4 is 0 Å². The Morgan fingerprint density at radius 3 is 3.09 bits per heavy atom. The van der Waals surface area contributed by atoms with Crippen molar-refractivity contribution < 1.29 is 0 Å². The van der Waals surface area contributed by atoms with E-state index in [9.17, 15) is 0 Å². The number of benzene rings is 1. The molecule has 2 rings (SSSR count). The molecule has 0 N–H and O–H groups in total. The Morgan fingerprint density at radius 1 is 1.27 bits per heavy atom. The van der Waals surface area contributed by atoms with Gasteiger partial charge in [0.2, 0.25) is 0 Å². The van der Waals surface area contributed by atoms with Crippen molar-refractivity contribution in [3.8, 4) is 0 Å². The van der Waals surface area contributed by atoms with E-state index < -0.39 is 0 Å². The van der Waals surface area contributed by atoms with Crippen LogP contribution in [0.25, 0.3) is 10.9 Å². The van der Waals surface area contributed by atoms with Gasteiger partial charge in [-0.3, -0.25) is 0 Å². The predicted molar refractivity (Wildman–Crippen MR) is 42.1 cm³/mol. The first kappa shape index (κ1) is 6.22. The SMILES string of the molecule is Cc1ccc2cnnnc2c1. The summed E-state index contributed by atoms with van der Waals surface area (Å²) in [6.45, 7) is 2.03. The van der Waals surface area contributed by atoms with Crippen molar-refractivity contribution in [1.82, 2.24) is 15.4 Å². The molecule has 0 aliphatic rings. The first-order valence-electron chi connectivity index (χ1n) is 3.41.